The minimum atomic E-state index is -0.385. The molecule has 1 rings (SSSR count). The van der Waals surface area contributed by atoms with Gasteiger partial charge in [0.1, 0.15) is 0 Å². The molecule has 0 aliphatic rings. The molecule has 1 atom stereocenters. The molecule has 0 spiro atoms. The number of carbonyl (C=O) groups is 1. The summed E-state index contributed by atoms with van der Waals surface area (Å²) in [6.45, 7) is 9.16. The Balaban J connectivity index is 2.52. The lowest BCUT2D eigenvalue weighted by atomic mass is 9.84. The molecule has 0 radical (unpaired) electrons. The maximum atomic E-state index is 12.0. The summed E-state index contributed by atoms with van der Waals surface area (Å²) in [7, 11) is 1.75. The Morgan fingerprint density at radius 3 is 2.43 bits per heavy atom. The van der Waals surface area contributed by atoms with Crippen molar-refractivity contribution in [3.63, 3.8) is 0 Å². The number of rotatable bonds is 6. The summed E-state index contributed by atoms with van der Waals surface area (Å²) in [6, 6.07) is 8.30. The van der Waals surface area contributed by atoms with E-state index in [4.69, 9.17) is 0 Å². The number of urea groups is 1. The van der Waals surface area contributed by atoms with E-state index in [-0.39, 0.29) is 17.6 Å². The fraction of sp³-hybridized carbons (Fsp3) is 0.588. The second-order valence-corrected chi connectivity index (χ2v) is 6.47. The van der Waals surface area contributed by atoms with Gasteiger partial charge >= 0.3 is 6.03 Å². The number of nitrogens with zero attached hydrogens (tertiary/aromatic N) is 1. The lowest BCUT2D eigenvalue weighted by Gasteiger charge is -2.27. The van der Waals surface area contributed by atoms with Crippen LogP contribution in [0, 0.1) is 6.92 Å². The van der Waals surface area contributed by atoms with E-state index in [1.165, 1.54) is 11.1 Å². The van der Waals surface area contributed by atoms with Gasteiger partial charge in [0.2, 0.25) is 0 Å². The van der Waals surface area contributed by atoms with Gasteiger partial charge in [0, 0.05) is 25.6 Å². The van der Waals surface area contributed by atoms with Crippen LogP contribution in [0.4, 0.5) is 4.79 Å². The Morgan fingerprint density at radius 1 is 1.33 bits per heavy atom. The van der Waals surface area contributed by atoms with E-state index < -0.39 is 0 Å². The second-order valence-electron chi connectivity index (χ2n) is 6.47. The third-order valence-corrected chi connectivity index (χ3v) is 3.74. The van der Waals surface area contributed by atoms with E-state index in [0.717, 1.165) is 0 Å². The molecule has 0 aliphatic carbocycles. The van der Waals surface area contributed by atoms with Crippen LogP contribution >= 0.6 is 0 Å². The lowest BCUT2D eigenvalue weighted by Crippen LogP contribution is -2.43. The van der Waals surface area contributed by atoms with Crippen molar-refractivity contribution in [1.82, 2.24) is 10.2 Å². The van der Waals surface area contributed by atoms with Crippen LogP contribution in [0.25, 0.3) is 0 Å². The first-order valence-electron chi connectivity index (χ1n) is 7.46. The zero-order valence-corrected chi connectivity index (χ0v) is 13.8. The van der Waals surface area contributed by atoms with Crippen molar-refractivity contribution in [3.05, 3.63) is 35.4 Å². The molecule has 0 saturated heterocycles. The number of hydrogen-bond acceptors (Lipinski definition) is 2. The van der Waals surface area contributed by atoms with Gasteiger partial charge in [-0.15, -0.1) is 0 Å². The molecule has 4 nitrogen and oxygen atoms in total. The first kappa shape index (κ1) is 17.5. The number of benzene rings is 1. The highest BCUT2D eigenvalue weighted by atomic mass is 16.3. The Labute approximate surface area is 128 Å². The standard InChI is InChI=1S/C17H28N2O2/c1-13-6-8-15(9-7-13)17(3,4)12-18-16(21)19(5)11-10-14(2)20/h6-9,14,20H,10-12H2,1-5H3,(H,18,21). The average molecular weight is 292 g/mol. The topological polar surface area (TPSA) is 52.6 Å². The zero-order valence-electron chi connectivity index (χ0n) is 13.8. The average Bonchev–Trinajstić information content (AvgIpc) is 2.42. The number of carbonyl (C=O) groups excluding carboxylic acids is 1. The van der Waals surface area contributed by atoms with Gasteiger partial charge in [0.25, 0.3) is 0 Å². The molecule has 0 heterocycles. The SMILES string of the molecule is Cc1ccc(C(C)(C)CNC(=O)N(C)CCC(C)O)cc1. The molecular weight excluding hydrogens is 264 g/mol. The predicted octanol–water partition coefficient (Wildman–Crippen LogP) is 2.68. The quantitative estimate of drug-likeness (QED) is 0.847. The van der Waals surface area contributed by atoms with Crippen LogP contribution in [0.5, 0.6) is 0 Å². The summed E-state index contributed by atoms with van der Waals surface area (Å²) in [5, 5.41) is 12.2. The largest absolute Gasteiger partial charge is 0.393 e. The lowest BCUT2D eigenvalue weighted by molar-refractivity contribution is 0.163. The molecule has 1 aromatic rings. The first-order chi connectivity index (χ1) is 9.72. The summed E-state index contributed by atoms with van der Waals surface area (Å²) in [5.41, 5.74) is 2.32. The van der Waals surface area contributed by atoms with Gasteiger partial charge in [0.05, 0.1) is 6.10 Å². The Hall–Kier alpha value is -1.55. The van der Waals surface area contributed by atoms with Crippen molar-refractivity contribution in [1.29, 1.82) is 0 Å². The van der Waals surface area contributed by atoms with Crippen molar-refractivity contribution < 1.29 is 9.90 Å². The summed E-state index contributed by atoms with van der Waals surface area (Å²) in [4.78, 5) is 13.6. The molecular formula is C17H28N2O2. The normalized spacial score (nSPS) is 12.9. The van der Waals surface area contributed by atoms with Gasteiger partial charge in [-0.1, -0.05) is 43.7 Å². The van der Waals surface area contributed by atoms with E-state index in [0.29, 0.717) is 19.5 Å². The van der Waals surface area contributed by atoms with Crippen LogP contribution < -0.4 is 5.32 Å². The highest BCUT2D eigenvalue weighted by molar-refractivity contribution is 5.73. The van der Waals surface area contributed by atoms with Gasteiger partial charge < -0.3 is 15.3 Å². The number of aliphatic hydroxyl groups is 1. The molecule has 0 aliphatic heterocycles. The minimum Gasteiger partial charge on any atom is -0.393 e. The summed E-state index contributed by atoms with van der Waals surface area (Å²) < 4.78 is 0. The molecule has 0 fully saturated rings. The summed E-state index contributed by atoms with van der Waals surface area (Å²) in [5.74, 6) is 0. The molecule has 118 valence electrons. The van der Waals surface area contributed by atoms with Gasteiger partial charge in [0.15, 0.2) is 0 Å². The van der Waals surface area contributed by atoms with Gasteiger partial charge in [-0.3, -0.25) is 0 Å². The molecule has 1 aromatic carbocycles. The fourth-order valence-corrected chi connectivity index (χ4v) is 2.02. The Morgan fingerprint density at radius 2 is 1.90 bits per heavy atom. The van der Waals surface area contributed by atoms with Crippen molar-refractivity contribution in [2.75, 3.05) is 20.1 Å². The molecule has 0 bridgehead atoms. The van der Waals surface area contributed by atoms with E-state index in [1.807, 2.05) is 0 Å². The van der Waals surface area contributed by atoms with Crippen molar-refractivity contribution in [2.24, 2.45) is 0 Å². The van der Waals surface area contributed by atoms with Crippen molar-refractivity contribution in [3.8, 4) is 0 Å². The monoisotopic (exact) mass is 292 g/mol. The molecule has 21 heavy (non-hydrogen) atoms. The predicted molar refractivity (Wildman–Crippen MR) is 86.5 cm³/mol. The van der Waals surface area contributed by atoms with Crippen LogP contribution in [-0.4, -0.2) is 42.3 Å². The first-order valence-corrected chi connectivity index (χ1v) is 7.46. The molecule has 0 aromatic heterocycles. The van der Waals surface area contributed by atoms with Crippen LogP contribution in [-0.2, 0) is 5.41 Å². The van der Waals surface area contributed by atoms with Gasteiger partial charge in [-0.2, -0.15) is 0 Å². The number of aryl methyl sites for hydroxylation is 1. The van der Waals surface area contributed by atoms with E-state index in [9.17, 15) is 9.90 Å². The maximum absolute atomic E-state index is 12.0. The minimum absolute atomic E-state index is 0.101. The molecule has 4 heteroatoms. The van der Waals surface area contributed by atoms with Crippen LogP contribution in [0.2, 0.25) is 0 Å². The van der Waals surface area contributed by atoms with Crippen LogP contribution in [0.15, 0.2) is 24.3 Å². The summed E-state index contributed by atoms with van der Waals surface area (Å²) >= 11 is 0. The molecule has 2 N–H and O–H groups in total. The Bertz CT molecular complexity index is 452. The van der Waals surface area contributed by atoms with Crippen LogP contribution in [0.1, 0.15) is 38.3 Å². The highest BCUT2D eigenvalue weighted by Crippen LogP contribution is 2.22. The fourth-order valence-electron chi connectivity index (χ4n) is 2.02. The number of aliphatic hydroxyl groups excluding tert-OH is 1. The van der Waals surface area contributed by atoms with E-state index >= 15 is 0 Å². The van der Waals surface area contributed by atoms with Crippen molar-refractivity contribution >= 4 is 6.03 Å². The number of hydrogen-bond donors (Lipinski definition) is 2. The maximum Gasteiger partial charge on any atom is 0.317 e. The summed E-state index contributed by atoms with van der Waals surface area (Å²) in [6.07, 6.45) is 0.204. The third-order valence-electron chi connectivity index (χ3n) is 3.74. The smallest absolute Gasteiger partial charge is 0.317 e. The zero-order chi connectivity index (χ0) is 16.0. The number of nitrogens with one attached hydrogen (secondary N) is 1. The van der Waals surface area contributed by atoms with E-state index in [1.54, 1.807) is 18.9 Å². The van der Waals surface area contributed by atoms with E-state index in [2.05, 4.69) is 50.4 Å². The Kier molecular flexibility index (Phi) is 6.21. The third kappa shape index (κ3) is 5.76. The highest BCUT2D eigenvalue weighted by Gasteiger charge is 2.22. The molecule has 2 amide bonds. The van der Waals surface area contributed by atoms with Crippen LogP contribution in [0.3, 0.4) is 0 Å². The van der Waals surface area contributed by atoms with Gasteiger partial charge in [-0.05, 0) is 25.8 Å². The van der Waals surface area contributed by atoms with Crippen molar-refractivity contribution in [2.45, 2.75) is 45.6 Å². The molecule has 0 saturated carbocycles. The molecule has 1 unspecified atom stereocenters. The number of amides is 2. The van der Waals surface area contributed by atoms with Gasteiger partial charge in [-0.25, -0.2) is 4.79 Å². The second kappa shape index (κ2) is 7.46.